The first-order valence-electron chi connectivity index (χ1n) is 11.6. The number of carbonyl (C=O) groups is 1. The highest BCUT2D eigenvalue weighted by Crippen LogP contribution is 2.49. The largest absolute Gasteiger partial charge is 0.494 e. The first-order chi connectivity index (χ1) is 15.6. The summed E-state index contributed by atoms with van der Waals surface area (Å²) < 4.78 is 5.97. The third-order valence-corrected chi connectivity index (χ3v) is 7.88. The second kappa shape index (κ2) is 9.50. The van der Waals surface area contributed by atoms with Gasteiger partial charge in [-0.3, -0.25) is 9.69 Å². The van der Waals surface area contributed by atoms with Crippen LogP contribution in [0.3, 0.4) is 0 Å². The summed E-state index contributed by atoms with van der Waals surface area (Å²) in [6, 6.07) is 12.0. The minimum absolute atomic E-state index is 0.170. The number of unbranched alkanes of at least 4 members (excludes halogenated alkanes) is 1. The van der Waals surface area contributed by atoms with Gasteiger partial charge in [0.2, 0.25) is 5.91 Å². The molecule has 0 radical (unpaired) electrons. The van der Waals surface area contributed by atoms with E-state index in [4.69, 9.17) is 27.9 Å². The van der Waals surface area contributed by atoms with Crippen LogP contribution in [0.1, 0.15) is 37.2 Å². The lowest BCUT2D eigenvalue weighted by molar-refractivity contribution is -0.123. The number of ether oxygens (including phenoxy) is 1. The minimum atomic E-state index is 0.170. The Bertz CT molecular complexity index is 991. The average molecular weight is 474 g/mol. The molecule has 5 rings (SSSR count). The number of anilines is 2. The van der Waals surface area contributed by atoms with Crippen LogP contribution in [-0.4, -0.2) is 50.1 Å². The number of nitrogens with zero attached hydrogens (tertiary/aromatic N) is 2. The van der Waals surface area contributed by atoms with Crippen LogP contribution in [0, 0.1) is 5.92 Å². The Labute approximate surface area is 199 Å². The number of piperazine rings is 1. The number of hydrogen-bond donors (Lipinski definition) is 1. The second-order valence-corrected chi connectivity index (χ2v) is 9.77. The minimum Gasteiger partial charge on any atom is -0.494 e. The molecule has 0 bridgehead atoms. The van der Waals surface area contributed by atoms with Crippen LogP contribution in [0.15, 0.2) is 36.4 Å². The number of carbonyl (C=O) groups excluding carboxylic acids is 1. The number of hydrogen-bond acceptors (Lipinski definition) is 4. The molecule has 1 aliphatic carbocycles. The van der Waals surface area contributed by atoms with E-state index >= 15 is 0 Å². The zero-order valence-electron chi connectivity index (χ0n) is 18.2. The Morgan fingerprint density at radius 3 is 2.59 bits per heavy atom. The van der Waals surface area contributed by atoms with Crippen molar-refractivity contribution in [1.82, 2.24) is 4.90 Å². The van der Waals surface area contributed by atoms with Gasteiger partial charge in [-0.2, -0.15) is 0 Å². The molecule has 1 saturated heterocycles. The predicted molar refractivity (Wildman–Crippen MR) is 130 cm³/mol. The van der Waals surface area contributed by atoms with Crippen molar-refractivity contribution in [3.63, 3.8) is 0 Å². The number of rotatable bonds is 7. The quantitative estimate of drug-likeness (QED) is 0.545. The molecule has 1 N–H and O–H groups in total. The van der Waals surface area contributed by atoms with E-state index in [9.17, 15) is 4.79 Å². The highest BCUT2D eigenvalue weighted by atomic mass is 35.5. The molecule has 0 unspecified atom stereocenters. The fourth-order valence-electron chi connectivity index (χ4n) is 5.04. The molecule has 3 aliphatic rings. The van der Waals surface area contributed by atoms with E-state index < -0.39 is 0 Å². The molecule has 1 amide bonds. The van der Waals surface area contributed by atoms with Crippen LogP contribution in [0.4, 0.5) is 11.4 Å². The van der Waals surface area contributed by atoms with Gasteiger partial charge in [0.05, 0.1) is 22.3 Å². The van der Waals surface area contributed by atoms with E-state index in [1.54, 1.807) is 0 Å². The van der Waals surface area contributed by atoms with Crippen molar-refractivity contribution in [2.24, 2.45) is 5.92 Å². The molecule has 7 heteroatoms. The smallest absolute Gasteiger partial charge is 0.228 e. The molecule has 32 heavy (non-hydrogen) atoms. The standard InChI is InChI=1S/C25H29Cl2N3O2/c26-21-4-3-5-23(24(21)27)30-13-11-29(12-14-30)10-1-2-15-32-17-6-7-19-18-8-9-20(18)25(31)28-22(19)16-17/h3-7,16,18,20H,1-2,8-15H2,(H,28,31)/t18-,20-/m0/s1. The maximum Gasteiger partial charge on any atom is 0.228 e. The molecular formula is C25H29Cl2N3O2. The van der Waals surface area contributed by atoms with Gasteiger partial charge in [0.15, 0.2) is 0 Å². The summed E-state index contributed by atoms with van der Waals surface area (Å²) in [6.45, 7) is 5.73. The lowest BCUT2D eigenvalue weighted by Crippen LogP contribution is -2.46. The molecule has 2 aliphatic heterocycles. The SMILES string of the molecule is O=C1Nc2cc(OCCCCN3CCN(c4cccc(Cl)c4Cl)CC3)ccc2[C@@H]2CC[C@H]12. The molecule has 0 spiro atoms. The molecule has 2 heterocycles. The number of nitrogens with one attached hydrogen (secondary N) is 1. The molecule has 0 aromatic heterocycles. The van der Waals surface area contributed by atoms with Crippen LogP contribution in [-0.2, 0) is 4.79 Å². The van der Waals surface area contributed by atoms with Crippen molar-refractivity contribution >= 4 is 40.5 Å². The Kier molecular flexibility index (Phi) is 6.49. The van der Waals surface area contributed by atoms with Gasteiger partial charge in [-0.25, -0.2) is 0 Å². The van der Waals surface area contributed by atoms with Crippen molar-refractivity contribution < 1.29 is 9.53 Å². The number of fused-ring (bicyclic) bond motifs is 3. The van der Waals surface area contributed by atoms with Gasteiger partial charge in [0.1, 0.15) is 5.75 Å². The molecule has 170 valence electrons. The molecule has 1 saturated carbocycles. The maximum atomic E-state index is 12.1. The first-order valence-corrected chi connectivity index (χ1v) is 12.3. The van der Waals surface area contributed by atoms with Gasteiger partial charge in [-0.15, -0.1) is 0 Å². The van der Waals surface area contributed by atoms with Crippen molar-refractivity contribution in [2.75, 3.05) is 49.5 Å². The highest BCUT2D eigenvalue weighted by molar-refractivity contribution is 6.43. The maximum absolute atomic E-state index is 12.1. The Morgan fingerprint density at radius 1 is 1.00 bits per heavy atom. The number of benzene rings is 2. The van der Waals surface area contributed by atoms with E-state index in [2.05, 4.69) is 21.2 Å². The van der Waals surface area contributed by atoms with Gasteiger partial charge in [0, 0.05) is 43.9 Å². The molecule has 2 aromatic carbocycles. The van der Waals surface area contributed by atoms with Gasteiger partial charge < -0.3 is 15.0 Å². The fourth-order valence-corrected chi connectivity index (χ4v) is 5.46. The Morgan fingerprint density at radius 2 is 1.81 bits per heavy atom. The highest BCUT2D eigenvalue weighted by Gasteiger charge is 2.42. The van der Waals surface area contributed by atoms with E-state index in [0.29, 0.717) is 22.6 Å². The summed E-state index contributed by atoms with van der Waals surface area (Å²) in [5, 5.41) is 4.31. The molecule has 5 nitrogen and oxygen atoms in total. The fraction of sp³-hybridized carbons (Fsp3) is 0.480. The van der Waals surface area contributed by atoms with Crippen molar-refractivity contribution in [2.45, 2.75) is 31.6 Å². The summed E-state index contributed by atoms with van der Waals surface area (Å²) in [7, 11) is 0. The third kappa shape index (κ3) is 4.43. The molecular weight excluding hydrogens is 445 g/mol. The first kappa shape index (κ1) is 21.9. The van der Waals surface area contributed by atoms with Crippen LogP contribution < -0.4 is 15.0 Å². The summed E-state index contributed by atoms with van der Waals surface area (Å²) in [5.74, 6) is 1.60. The lowest BCUT2D eigenvalue weighted by atomic mass is 9.67. The van der Waals surface area contributed by atoms with Crippen molar-refractivity contribution in [3.05, 3.63) is 52.0 Å². The molecule has 2 aromatic rings. The summed E-state index contributed by atoms with van der Waals surface area (Å²) >= 11 is 12.5. The van der Waals surface area contributed by atoms with Crippen LogP contribution in [0.2, 0.25) is 10.0 Å². The normalized spacial score (nSPS) is 22.6. The van der Waals surface area contributed by atoms with Gasteiger partial charge >= 0.3 is 0 Å². The summed E-state index contributed by atoms with van der Waals surface area (Å²) in [4.78, 5) is 17.0. The Balaban J connectivity index is 1.03. The molecule has 2 fully saturated rings. The zero-order chi connectivity index (χ0) is 22.1. The summed E-state index contributed by atoms with van der Waals surface area (Å²) in [6.07, 6.45) is 4.24. The number of halogens is 2. The van der Waals surface area contributed by atoms with E-state index in [1.807, 2.05) is 30.3 Å². The monoisotopic (exact) mass is 473 g/mol. The van der Waals surface area contributed by atoms with Crippen LogP contribution >= 0.6 is 23.2 Å². The summed E-state index contributed by atoms with van der Waals surface area (Å²) in [5.41, 5.74) is 3.24. The van der Waals surface area contributed by atoms with Crippen molar-refractivity contribution in [1.29, 1.82) is 0 Å². The topological polar surface area (TPSA) is 44.8 Å². The van der Waals surface area contributed by atoms with Gasteiger partial charge in [-0.1, -0.05) is 35.3 Å². The molecule has 2 atom stereocenters. The van der Waals surface area contributed by atoms with Crippen LogP contribution in [0.25, 0.3) is 0 Å². The van der Waals surface area contributed by atoms with E-state index in [-0.39, 0.29) is 11.8 Å². The average Bonchev–Trinajstić information content (AvgIpc) is 2.76. The predicted octanol–water partition coefficient (Wildman–Crippen LogP) is 5.42. The zero-order valence-corrected chi connectivity index (χ0v) is 19.7. The van der Waals surface area contributed by atoms with Gasteiger partial charge in [-0.05, 0) is 61.9 Å². The lowest BCUT2D eigenvalue weighted by Gasteiger charge is -2.40. The van der Waals surface area contributed by atoms with Crippen molar-refractivity contribution in [3.8, 4) is 5.75 Å². The Hall–Kier alpha value is -1.95. The van der Waals surface area contributed by atoms with Gasteiger partial charge in [0.25, 0.3) is 0 Å². The van der Waals surface area contributed by atoms with E-state index in [0.717, 1.165) is 75.5 Å². The number of amides is 1. The van der Waals surface area contributed by atoms with Crippen LogP contribution in [0.5, 0.6) is 5.75 Å². The third-order valence-electron chi connectivity index (χ3n) is 7.07. The second-order valence-electron chi connectivity index (χ2n) is 8.99. The van der Waals surface area contributed by atoms with E-state index in [1.165, 1.54) is 5.56 Å².